The van der Waals surface area contributed by atoms with Crippen LogP contribution >= 0.6 is 35.9 Å². The van der Waals surface area contributed by atoms with E-state index in [-0.39, 0.29) is 24.2 Å². The molecule has 4 heterocycles. The van der Waals surface area contributed by atoms with E-state index in [1.165, 1.54) is 11.8 Å². The van der Waals surface area contributed by atoms with Crippen molar-refractivity contribution in [2.24, 2.45) is 5.92 Å². The maximum Gasteiger partial charge on any atom is 0.258 e. The summed E-state index contributed by atoms with van der Waals surface area (Å²) in [5.41, 5.74) is 4.35. The topological polar surface area (TPSA) is 90.5 Å². The van der Waals surface area contributed by atoms with Crippen molar-refractivity contribution in [2.45, 2.75) is 41.4 Å². The Labute approximate surface area is 266 Å². The van der Waals surface area contributed by atoms with E-state index in [1.807, 2.05) is 77.7 Å². The number of rotatable bonds is 9. The zero-order chi connectivity index (χ0) is 28.9. The Hall–Kier alpha value is -3.71. The van der Waals surface area contributed by atoms with Gasteiger partial charge in [0, 0.05) is 30.3 Å². The van der Waals surface area contributed by atoms with E-state index in [2.05, 4.69) is 20.8 Å². The summed E-state index contributed by atoms with van der Waals surface area (Å²) in [7, 11) is 0. The zero-order valence-electron chi connectivity index (χ0n) is 23.6. The molecule has 0 radical (unpaired) electrons. The number of piperidine rings is 1. The van der Waals surface area contributed by atoms with Crippen LogP contribution in [0.5, 0.6) is 0 Å². The fourth-order valence-corrected chi connectivity index (χ4v) is 7.49. The van der Waals surface area contributed by atoms with Gasteiger partial charge in [0.2, 0.25) is 0 Å². The number of aromatic nitrogens is 2. The Bertz CT molecular complexity index is 1690. The minimum atomic E-state index is -0.0411. The smallest absolute Gasteiger partial charge is 0.258 e. The van der Waals surface area contributed by atoms with E-state index in [9.17, 15) is 9.59 Å². The summed E-state index contributed by atoms with van der Waals surface area (Å²) in [6.45, 7) is 2.16. The molecule has 0 aliphatic carbocycles. The number of nitriles is 1. The lowest BCUT2D eigenvalue weighted by atomic mass is 9.92. The van der Waals surface area contributed by atoms with Gasteiger partial charge < -0.3 is 10.2 Å². The van der Waals surface area contributed by atoms with Gasteiger partial charge in [-0.15, -0.1) is 24.2 Å². The average Bonchev–Trinajstić information content (AvgIpc) is 3.46. The first-order valence-corrected chi connectivity index (χ1v) is 16.0. The van der Waals surface area contributed by atoms with Crippen LogP contribution in [-0.4, -0.2) is 45.7 Å². The minimum Gasteiger partial charge on any atom is -0.352 e. The number of carbonyl (C=O) groups is 2. The molecule has 0 spiro atoms. The molecule has 220 valence electrons. The number of nitrogens with zero attached hydrogens (tertiary/aromatic N) is 4. The first-order chi connectivity index (χ1) is 20.6. The number of hydrogen-bond acceptors (Lipinski definition) is 6. The van der Waals surface area contributed by atoms with E-state index in [0.717, 1.165) is 76.9 Å². The molecule has 4 aromatic rings. The Morgan fingerprint density at radius 2 is 1.84 bits per heavy atom. The Morgan fingerprint density at radius 1 is 1.05 bits per heavy atom. The second-order valence-electron chi connectivity index (χ2n) is 10.6. The van der Waals surface area contributed by atoms with E-state index < -0.39 is 0 Å². The number of amides is 2. The van der Waals surface area contributed by atoms with Crippen molar-refractivity contribution < 1.29 is 9.59 Å². The monoisotopic (exact) mass is 629 g/mol. The van der Waals surface area contributed by atoms with Crippen LogP contribution in [0.1, 0.15) is 52.9 Å². The summed E-state index contributed by atoms with van der Waals surface area (Å²) < 4.78 is 2.06. The molecule has 2 aliphatic heterocycles. The summed E-state index contributed by atoms with van der Waals surface area (Å²) >= 11 is 3.13. The summed E-state index contributed by atoms with van der Waals surface area (Å²) in [5, 5.41) is 13.1. The molecule has 7 nitrogen and oxygen atoms in total. The molecule has 2 aromatic carbocycles. The lowest BCUT2D eigenvalue weighted by Crippen LogP contribution is -2.38. The molecular formula is C33H32ClN5O2S2. The maximum absolute atomic E-state index is 13.4. The summed E-state index contributed by atoms with van der Waals surface area (Å²) in [6, 6.07) is 23.5. The SMILES string of the molecule is Cl.N#Cc1ccc(CSc2ccccc2C(=O)N2CCC(CCCNC(=O)C3=Cc4cnc5cccc(n45)S3)CC2)cc1. The molecule has 1 N–H and O–H groups in total. The van der Waals surface area contributed by atoms with Crippen molar-refractivity contribution in [3.63, 3.8) is 0 Å². The molecule has 2 aromatic heterocycles. The molecular weight excluding hydrogens is 598 g/mol. The quantitative estimate of drug-likeness (QED) is 0.161. The highest BCUT2D eigenvalue weighted by molar-refractivity contribution is 8.04. The summed E-state index contributed by atoms with van der Waals surface area (Å²) in [5.74, 6) is 1.35. The van der Waals surface area contributed by atoms with Gasteiger partial charge in [0.15, 0.2) is 0 Å². The molecule has 1 fully saturated rings. The minimum absolute atomic E-state index is 0. The Morgan fingerprint density at radius 3 is 2.63 bits per heavy atom. The first kappa shape index (κ1) is 30.7. The highest BCUT2D eigenvalue weighted by atomic mass is 35.5. The van der Waals surface area contributed by atoms with Crippen molar-refractivity contribution in [1.29, 1.82) is 5.26 Å². The van der Waals surface area contributed by atoms with Gasteiger partial charge in [-0.2, -0.15) is 5.26 Å². The lowest BCUT2D eigenvalue weighted by Gasteiger charge is -2.32. The fourth-order valence-electron chi connectivity index (χ4n) is 5.48. The predicted octanol–water partition coefficient (Wildman–Crippen LogP) is 6.82. The summed E-state index contributed by atoms with van der Waals surface area (Å²) in [4.78, 5) is 34.4. The third kappa shape index (κ3) is 7.10. The number of nitrogens with one attached hydrogen (secondary N) is 1. The first-order valence-electron chi connectivity index (χ1n) is 14.2. The number of benzene rings is 2. The van der Waals surface area contributed by atoms with Crippen LogP contribution in [0.2, 0.25) is 0 Å². The van der Waals surface area contributed by atoms with E-state index >= 15 is 0 Å². The van der Waals surface area contributed by atoms with Crippen LogP contribution in [0.4, 0.5) is 0 Å². The van der Waals surface area contributed by atoms with Gasteiger partial charge in [-0.05, 0) is 79.6 Å². The molecule has 0 unspecified atom stereocenters. The maximum atomic E-state index is 13.4. The molecule has 2 amide bonds. The third-order valence-corrected chi connectivity index (χ3v) is 10.0. The second kappa shape index (κ2) is 14.2. The van der Waals surface area contributed by atoms with Gasteiger partial charge in [0.25, 0.3) is 11.8 Å². The summed E-state index contributed by atoms with van der Waals surface area (Å²) in [6.07, 6.45) is 7.63. The molecule has 2 aliphatic rings. The van der Waals surface area contributed by atoms with Gasteiger partial charge in [-0.3, -0.25) is 14.0 Å². The zero-order valence-corrected chi connectivity index (χ0v) is 26.0. The number of thioether (sulfide) groups is 2. The van der Waals surface area contributed by atoms with Crippen LogP contribution in [0, 0.1) is 17.2 Å². The van der Waals surface area contributed by atoms with E-state index in [0.29, 0.717) is 22.9 Å². The Kier molecular flexibility index (Phi) is 10.1. The van der Waals surface area contributed by atoms with Crippen molar-refractivity contribution in [3.05, 3.63) is 100 Å². The number of hydrogen-bond donors (Lipinski definition) is 1. The van der Waals surface area contributed by atoms with Gasteiger partial charge >= 0.3 is 0 Å². The molecule has 0 bridgehead atoms. The van der Waals surface area contributed by atoms with Crippen LogP contribution in [0.3, 0.4) is 0 Å². The van der Waals surface area contributed by atoms with Gasteiger partial charge in [0.05, 0.1) is 39.0 Å². The van der Waals surface area contributed by atoms with Crippen molar-refractivity contribution in [2.75, 3.05) is 19.6 Å². The number of pyridine rings is 1. The van der Waals surface area contributed by atoms with Gasteiger partial charge in [0.1, 0.15) is 5.65 Å². The molecule has 0 atom stereocenters. The predicted molar refractivity (Wildman–Crippen MR) is 174 cm³/mol. The highest BCUT2D eigenvalue weighted by Gasteiger charge is 2.25. The molecule has 0 saturated carbocycles. The highest BCUT2D eigenvalue weighted by Crippen LogP contribution is 2.34. The van der Waals surface area contributed by atoms with Gasteiger partial charge in [-0.25, -0.2) is 4.98 Å². The largest absolute Gasteiger partial charge is 0.352 e. The van der Waals surface area contributed by atoms with Crippen molar-refractivity contribution >= 4 is 59.5 Å². The number of imidazole rings is 1. The van der Waals surface area contributed by atoms with Crippen LogP contribution in [0.15, 0.2) is 87.8 Å². The van der Waals surface area contributed by atoms with Crippen LogP contribution in [-0.2, 0) is 10.5 Å². The van der Waals surface area contributed by atoms with Crippen LogP contribution < -0.4 is 5.32 Å². The fraction of sp³-hybridized carbons (Fsp3) is 0.273. The lowest BCUT2D eigenvalue weighted by molar-refractivity contribution is -0.116. The van der Waals surface area contributed by atoms with Crippen molar-refractivity contribution in [1.82, 2.24) is 19.6 Å². The number of halogens is 1. The average molecular weight is 630 g/mol. The van der Waals surface area contributed by atoms with E-state index in [4.69, 9.17) is 5.26 Å². The van der Waals surface area contributed by atoms with Crippen LogP contribution in [0.25, 0.3) is 11.7 Å². The van der Waals surface area contributed by atoms with E-state index in [1.54, 1.807) is 18.0 Å². The number of likely N-dealkylation sites (tertiary alicyclic amines) is 1. The second-order valence-corrected chi connectivity index (χ2v) is 12.7. The molecule has 10 heteroatoms. The van der Waals surface area contributed by atoms with Gasteiger partial charge in [-0.1, -0.05) is 42.1 Å². The van der Waals surface area contributed by atoms with Crippen molar-refractivity contribution in [3.8, 4) is 6.07 Å². The molecule has 6 rings (SSSR count). The molecule has 43 heavy (non-hydrogen) atoms. The normalized spacial score (nSPS) is 14.5. The Balaban J connectivity index is 0.00000368. The standard InChI is InChI=1S/C33H31N5O2S2.ClH/c34-20-24-10-12-25(13-11-24)22-41-28-7-2-1-6-27(28)33(40)37-17-14-23(15-18-37)5-4-16-35-32(39)29-19-26-21-36-30-8-3-9-31(42-29)38(26)30;/h1-3,6-13,19,21,23H,4-5,14-18,22H2,(H,35,39);1H. The number of carbonyl (C=O) groups excluding carboxylic acids is 2. The molecule has 1 saturated heterocycles. The third-order valence-electron chi connectivity index (χ3n) is 7.81.